The Morgan fingerprint density at radius 3 is 2.05 bits per heavy atom. The van der Waals surface area contributed by atoms with E-state index in [1.807, 2.05) is 30.3 Å². The van der Waals surface area contributed by atoms with Gasteiger partial charge < -0.3 is 10.2 Å². The molecule has 0 amide bonds. The molecule has 0 aliphatic rings. The van der Waals surface area contributed by atoms with Gasteiger partial charge in [0.15, 0.2) is 0 Å². The van der Waals surface area contributed by atoms with Crippen LogP contribution in [0.3, 0.4) is 0 Å². The normalized spacial score (nSPS) is 9.60. The van der Waals surface area contributed by atoms with Gasteiger partial charge in [0.25, 0.3) is 0 Å². The molecule has 102 valence electrons. The summed E-state index contributed by atoms with van der Waals surface area (Å²) in [4.78, 5) is 20.1. The van der Waals surface area contributed by atoms with Crippen molar-refractivity contribution in [3.8, 4) is 5.75 Å². The van der Waals surface area contributed by atoms with Crippen LogP contribution in [0.4, 0.5) is 0 Å². The maximum absolute atomic E-state index is 10.2. The number of aromatic carboxylic acids is 1. The lowest BCUT2D eigenvalue weighted by Gasteiger charge is -1.92. The van der Waals surface area contributed by atoms with E-state index in [-0.39, 0.29) is 11.3 Å². The van der Waals surface area contributed by atoms with Crippen molar-refractivity contribution in [2.75, 3.05) is 0 Å². The van der Waals surface area contributed by atoms with Gasteiger partial charge in [0.1, 0.15) is 12.0 Å². The fourth-order valence-electron chi connectivity index (χ4n) is 1.32. The molecule has 0 aliphatic heterocycles. The molecule has 2 aromatic rings. The van der Waals surface area contributed by atoms with E-state index in [0.717, 1.165) is 11.8 Å². The summed E-state index contributed by atoms with van der Waals surface area (Å²) in [7, 11) is 0. The fraction of sp³-hybridized carbons (Fsp3) is 0. The third-order valence-corrected chi connectivity index (χ3v) is 2.28. The zero-order chi connectivity index (χ0) is 14.8. The van der Waals surface area contributed by atoms with Crippen LogP contribution in [-0.2, 0) is 4.79 Å². The van der Waals surface area contributed by atoms with Crippen LogP contribution in [0, 0.1) is 0 Å². The number of phenols is 1. The van der Waals surface area contributed by atoms with E-state index in [0.29, 0.717) is 0 Å². The van der Waals surface area contributed by atoms with E-state index in [1.54, 1.807) is 6.08 Å². The third-order valence-electron chi connectivity index (χ3n) is 2.28. The molecule has 0 spiro atoms. The van der Waals surface area contributed by atoms with Crippen LogP contribution in [0.15, 0.2) is 60.7 Å². The number of carbonyl (C=O) groups excluding carboxylic acids is 1. The second-order valence-electron chi connectivity index (χ2n) is 3.76. The molecule has 0 fully saturated rings. The third kappa shape index (κ3) is 5.64. The second-order valence-corrected chi connectivity index (χ2v) is 3.76. The fourth-order valence-corrected chi connectivity index (χ4v) is 1.32. The van der Waals surface area contributed by atoms with E-state index in [9.17, 15) is 9.59 Å². The van der Waals surface area contributed by atoms with Crippen molar-refractivity contribution in [1.29, 1.82) is 0 Å². The van der Waals surface area contributed by atoms with Gasteiger partial charge >= 0.3 is 5.97 Å². The van der Waals surface area contributed by atoms with Crippen LogP contribution < -0.4 is 0 Å². The minimum atomic E-state index is -0.986. The average molecular weight is 270 g/mol. The Balaban J connectivity index is 0.000000200. The first-order chi connectivity index (χ1) is 9.63. The summed E-state index contributed by atoms with van der Waals surface area (Å²) in [6.45, 7) is 0. The number of carboxylic acid groups (broad SMARTS) is 1. The number of rotatable bonds is 3. The number of phenolic OH excluding ortho intramolecular Hbond substituents is 1. The Hall–Kier alpha value is -2.88. The lowest BCUT2D eigenvalue weighted by Crippen LogP contribution is -1.93. The topological polar surface area (TPSA) is 74.6 Å². The Morgan fingerprint density at radius 1 is 0.950 bits per heavy atom. The van der Waals surface area contributed by atoms with Crippen LogP contribution in [0.5, 0.6) is 5.75 Å². The monoisotopic (exact) mass is 270 g/mol. The quantitative estimate of drug-likeness (QED) is 0.664. The standard InChI is InChI=1S/C9H8O.C7H6O3/c10-8-4-7-9-5-2-1-3-6-9;8-6-3-1-5(2-4-6)7(9)10/h1-8H;1-4,8H,(H,9,10). The molecule has 0 aromatic heterocycles. The molecule has 20 heavy (non-hydrogen) atoms. The van der Waals surface area contributed by atoms with Crippen LogP contribution in [0.2, 0.25) is 0 Å². The Kier molecular flexibility index (Phi) is 6.27. The van der Waals surface area contributed by atoms with E-state index < -0.39 is 5.97 Å². The Labute approximate surface area is 116 Å². The van der Waals surface area contributed by atoms with E-state index >= 15 is 0 Å². The van der Waals surface area contributed by atoms with Crippen LogP contribution >= 0.6 is 0 Å². The molecule has 4 nitrogen and oxygen atoms in total. The summed E-state index contributed by atoms with van der Waals surface area (Å²) >= 11 is 0. The van der Waals surface area contributed by atoms with Crippen LogP contribution in [0.1, 0.15) is 15.9 Å². The second kappa shape index (κ2) is 8.26. The van der Waals surface area contributed by atoms with Crippen molar-refractivity contribution < 1.29 is 19.8 Å². The van der Waals surface area contributed by atoms with Crippen molar-refractivity contribution in [2.24, 2.45) is 0 Å². The Bertz CT molecular complexity index is 571. The maximum Gasteiger partial charge on any atom is 0.335 e. The van der Waals surface area contributed by atoms with Crippen molar-refractivity contribution >= 4 is 18.3 Å². The number of hydrogen-bond acceptors (Lipinski definition) is 3. The number of benzene rings is 2. The average Bonchev–Trinajstić information content (AvgIpc) is 2.47. The minimum Gasteiger partial charge on any atom is -0.508 e. The number of aldehydes is 1. The van der Waals surface area contributed by atoms with Gasteiger partial charge in [-0.05, 0) is 35.9 Å². The summed E-state index contributed by atoms with van der Waals surface area (Å²) in [5.74, 6) is -0.912. The molecule has 0 bridgehead atoms. The van der Waals surface area contributed by atoms with Crippen LogP contribution in [-0.4, -0.2) is 22.5 Å². The van der Waals surface area contributed by atoms with Gasteiger partial charge in [-0.2, -0.15) is 0 Å². The predicted octanol–water partition coefficient (Wildman–Crippen LogP) is 2.99. The molecule has 2 rings (SSSR count). The minimum absolute atomic E-state index is 0.0741. The molecule has 0 saturated heterocycles. The first-order valence-electron chi connectivity index (χ1n) is 5.82. The van der Waals surface area contributed by atoms with Gasteiger partial charge in [-0.3, -0.25) is 4.79 Å². The lowest BCUT2D eigenvalue weighted by molar-refractivity contribution is -0.104. The summed E-state index contributed by atoms with van der Waals surface area (Å²) in [6, 6.07) is 15.1. The summed E-state index contributed by atoms with van der Waals surface area (Å²) in [5.41, 5.74) is 1.23. The van der Waals surface area contributed by atoms with Gasteiger partial charge in [-0.1, -0.05) is 36.4 Å². The molecule has 0 radical (unpaired) electrons. The highest BCUT2D eigenvalue weighted by atomic mass is 16.4. The summed E-state index contributed by atoms with van der Waals surface area (Å²) in [6.07, 6.45) is 4.02. The van der Waals surface area contributed by atoms with Crippen molar-refractivity contribution in [3.63, 3.8) is 0 Å². The molecule has 0 heterocycles. The smallest absolute Gasteiger partial charge is 0.335 e. The van der Waals surface area contributed by atoms with E-state index in [1.165, 1.54) is 30.3 Å². The highest BCUT2D eigenvalue weighted by Crippen LogP contribution is 2.08. The van der Waals surface area contributed by atoms with E-state index in [2.05, 4.69) is 0 Å². The highest BCUT2D eigenvalue weighted by molar-refractivity contribution is 5.87. The molecule has 0 atom stereocenters. The first kappa shape index (κ1) is 15.2. The number of allylic oxidation sites excluding steroid dienone is 1. The summed E-state index contributed by atoms with van der Waals surface area (Å²) < 4.78 is 0. The molecule has 4 heteroatoms. The number of aromatic hydroxyl groups is 1. The van der Waals surface area contributed by atoms with Gasteiger partial charge in [0, 0.05) is 0 Å². The molecule has 2 aromatic carbocycles. The van der Waals surface area contributed by atoms with Gasteiger partial charge in [-0.15, -0.1) is 0 Å². The largest absolute Gasteiger partial charge is 0.508 e. The maximum atomic E-state index is 10.2. The SMILES string of the molecule is O=C(O)c1ccc(O)cc1.O=CC=Cc1ccccc1. The van der Waals surface area contributed by atoms with Gasteiger partial charge in [0.2, 0.25) is 0 Å². The molecule has 2 N–H and O–H groups in total. The van der Waals surface area contributed by atoms with Crippen molar-refractivity contribution in [2.45, 2.75) is 0 Å². The number of hydrogen-bond donors (Lipinski definition) is 2. The number of carbonyl (C=O) groups is 2. The van der Waals surface area contributed by atoms with Gasteiger partial charge in [0.05, 0.1) is 5.56 Å². The van der Waals surface area contributed by atoms with E-state index in [4.69, 9.17) is 10.2 Å². The molecular weight excluding hydrogens is 256 g/mol. The van der Waals surface area contributed by atoms with Crippen LogP contribution in [0.25, 0.3) is 6.08 Å². The van der Waals surface area contributed by atoms with Crippen molar-refractivity contribution in [1.82, 2.24) is 0 Å². The molecular formula is C16H14O4. The first-order valence-corrected chi connectivity index (χ1v) is 5.82. The van der Waals surface area contributed by atoms with Crippen molar-refractivity contribution in [3.05, 3.63) is 71.8 Å². The molecule has 0 unspecified atom stereocenters. The molecule has 0 aliphatic carbocycles. The Morgan fingerprint density at radius 2 is 1.55 bits per heavy atom. The molecule has 0 saturated carbocycles. The summed E-state index contributed by atoms with van der Waals surface area (Å²) in [5, 5.41) is 17.1. The highest BCUT2D eigenvalue weighted by Gasteiger charge is 1.99. The lowest BCUT2D eigenvalue weighted by atomic mass is 10.2. The number of carboxylic acids is 1. The van der Waals surface area contributed by atoms with Gasteiger partial charge in [-0.25, -0.2) is 4.79 Å². The zero-order valence-electron chi connectivity index (χ0n) is 10.6. The zero-order valence-corrected chi connectivity index (χ0v) is 10.6. The predicted molar refractivity (Wildman–Crippen MR) is 76.6 cm³/mol.